The van der Waals surface area contributed by atoms with E-state index in [9.17, 15) is 0 Å². The molecule has 100 valence electrons. The van der Waals surface area contributed by atoms with Gasteiger partial charge >= 0.3 is 0 Å². The Hall–Kier alpha value is -0.860. The van der Waals surface area contributed by atoms with Crippen LogP contribution in [0.3, 0.4) is 0 Å². The van der Waals surface area contributed by atoms with Crippen molar-refractivity contribution in [2.75, 3.05) is 0 Å². The summed E-state index contributed by atoms with van der Waals surface area (Å²) in [4.78, 5) is 5.96. The molecule has 5 aliphatic rings. The highest BCUT2D eigenvalue weighted by atomic mass is 16.8. The van der Waals surface area contributed by atoms with Crippen LogP contribution in [0.4, 0.5) is 0 Å². The van der Waals surface area contributed by atoms with Crippen LogP contribution in [-0.4, -0.2) is 11.1 Å². The zero-order chi connectivity index (χ0) is 12.4. The molecule has 1 saturated heterocycles. The van der Waals surface area contributed by atoms with Crippen molar-refractivity contribution in [3.63, 3.8) is 0 Å². The van der Waals surface area contributed by atoms with Gasteiger partial charge in [0.05, 0.1) is 0 Å². The van der Waals surface area contributed by atoms with Gasteiger partial charge in [-0.3, -0.25) is 4.84 Å². The zero-order valence-electron chi connectivity index (χ0n) is 11.2. The highest BCUT2D eigenvalue weighted by molar-refractivity contribution is 5.19. The van der Waals surface area contributed by atoms with Crippen LogP contribution in [0, 0.1) is 23.7 Å². The second-order valence-corrected chi connectivity index (χ2v) is 7.15. The van der Waals surface area contributed by atoms with Crippen LogP contribution in [0.15, 0.2) is 30.3 Å². The third kappa shape index (κ3) is 1.63. The van der Waals surface area contributed by atoms with Crippen LogP contribution < -0.4 is 0 Å². The first-order valence-corrected chi connectivity index (χ1v) is 7.88. The quantitative estimate of drug-likeness (QED) is 0.748. The maximum absolute atomic E-state index is 5.96. The van der Waals surface area contributed by atoms with E-state index in [0.717, 1.165) is 29.7 Å². The number of hydrogen-bond donors (Lipinski definition) is 0. The SMILES string of the molecule is c1ccc(C2ON2C2C3CC4CC(C3)CC2C4)cc1. The molecule has 5 fully saturated rings. The standard InChI is InChI=1S/C17H21NO/c1-2-4-13(5-3-1)17-18(19-17)16-14-7-11-6-12(9-14)10-15(16)8-11/h1-5,11-12,14-17H,6-10H2. The average molecular weight is 255 g/mol. The number of hydrogen-bond acceptors (Lipinski definition) is 2. The lowest BCUT2D eigenvalue weighted by Crippen LogP contribution is -2.51. The average Bonchev–Trinajstić information content (AvgIpc) is 3.19. The molecule has 19 heavy (non-hydrogen) atoms. The van der Waals surface area contributed by atoms with Crippen LogP contribution in [0.1, 0.15) is 43.9 Å². The molecule has 1 aromatic carbocycles. The van der Waals surface area contributed by atoms with Gasteiger partial charge in [-0.2, -0.15) is 0 Å². The molecule has 4 bridgehead atoms. The largest absolute Gasteiger partial charge is 0.270 e. The van der Waals surface area contributed by atoms with Gasteiger partial charge in [-0.1, -0.05) is 30.3 Å². The summed E-state index contributed by atoms with van der Waals surface area (Å²) in [7, 11) is 0. The summed E-state index contributed by atoms with van der Waals surface area (Å²) in [5.74, 6) is 3.94. The molecule has 4 aliphatic carbocycles. The van der Waals surface area contributed by atoms with Crippen molar-refractivity contribution in [1.29, 1.82) is 0 Å². The lowest BCUT2D eigenvalue weighted by Gasteiger charge is -2.54. The fraction of sp³-hybridized carbons (Fsp3) is 0.647. The molecule has 0 N–H and O–H groups in total. The van der Waals surface area contributed by atoms with Crippen molar-refractivity contribution in [2.24, 2.45) is 23.7 Å². The Morgan fingerprint density at radius 2 is 1.47 bits per heavy atom. The van der Waals surface area contributed by atoms with Gasteiger partial charge in [0.15, 0.2) is 6.23 Å². The third-order valence-corrected chi connectivity index (χ3v) is 5.96. The summed E-state index contributed by atoms with van der Waals surface area (Å²) >= 11 is 0. The highest BCUT2D eigenvalue weighted by Crippen LogP contribution is 2.58. The van der Waals surface area contributed by atoms with E-state index in [1.807, 2.05) is 0 Å². The summed E-state index contributed by atoms with van der Waals surface area (Å²) in [5, 5.41) is 2.34. The summed E-state index contributed by atoms with van der Waals surface area (Å²) in [6.45, 7) is 0. The Morgan fingerprint density at radius 1 is 0.842 bits per heavy atom. The van der Waals surface area contributed by atoms with E-state index in [-0.39, 0.29) is 6.23 Å². The molecule has 0 spiro atoms. The van der Waals surface area contributed by atoms with Crippen LogP contribution >= 0.6 is 0 Å². The van der Waals surface area contributed by atoms with Crippen molar-refractivity contribution in [3.8, 4) is 0 Å². The number of rotatable bonds is 2. The van der Waals surface area contributed by atoms with Gasteiger partial charge in [0.25, 0.3) is 0 Å². The number of nitrogens with zero attached hydrogens (tertiary/aromatic N) is 1. The van der Waals surface area contributed by atoms with E-state index in [0.29, 0.717) is 0 Å². The molecule has 1 heterocycles. The van der Waals surface area contributed by atoms with Crippen molar-refractivity contribution < 1.29 is 4.84 Å². The van der Waals surface area contributed by atoms with Crippen LogP contribution in [0.5, 0.6) is 0 Å². The second-order valence-electron chi connectivity index (χ2n) is 7.15. The number of benzene rings is 1. The zero-order valence-corrected chi connectivity index (χ0v) is 11.2. The van der Waals surface area contributed by atoms with E-state index in [4.69, 9.17) is 4.84 Å². The molecule has 1 aliphatic heterocycles. The first kappa shape index (κ1) is 10.9. The highest BCUT2D eigenvalue weighted by Gasteiger charge is 2.56. The number of hydroxylamine groups is 2. The minimum atomic E-state index is 0.253. The molecular formula is C17H21NO. The van der Waals surface area contributed by atoms with Crippen LogP contribution in [0.2, 0.25) is 0 Å². The van der Waals surface area contributed by atoms with Gasteiger partial charge in [-0.25, -0.2) is 0 Å². The molecule has 0 aromatic heterocycles. The summed E-state index contributed by atoms with van der Waals surface area (Å²) in [6, 6.07) is 11.4. The van der Waals surface area contributed by atoms with Gasteiger partial charge in [0.2, 0.25) is 0 Å². The normalized spacial score (nSPS) is 50.4. The van der Waals surface area contributed by atoms with Gasteiger partial charge < -0.3 is 0 Å². The van der Waals surface area contributed by atoms with E-state index in [1.165, 1.54) is 37.7 Å². The van der Waals surface area contributed by atoms with E-state index >= 15 is 0 Å². The molecular weight excluding hydrogens is 234 g/mol. The molecule has 1 aromatic rings. The molecule has 0 amide bonds. The van der Waals surface area contributed by atoms with Gasteiger partial charge in [-0.15, -0.1) is 5.06 Å². The molecule has 2 heteroatoms. The van der Waals surface area contributed by atoms with Crippen molar-refractivity contribution >= 4 is 0 Å². The minimum Gasteiger partial charge on any atom is -0.270 e. The van der Waals surface area contributed by atoms with Gasteiger partial charge in [0.1, 0.15) is 0 Å². The molecule has 4 saturated carbocycles. The maximum Gasteiger partial charge on any atom is 0.180 e. The first-order chi connectivity index (χ1) is 9.38. The Morgan fingerprint density at radius 3 is 2.11 bits per heavy atom. The Labute approximate surface area is 114 Å². The van der Waals surface area contributed by atoms with Gasteiger partial charge in [-0.05, 0) is 61.3 Å². The Kier molecular flexibility index (Phi) is 2.19. The summed E-state index contributed by atoms with van der Waals surface area (Å²) < 4.78 is 0. The first-order valence-electron chi connectivity index (χ1n) is 7.88. The monoisotopic (exact) mass is 255 g/mol. The lowest BCUT2D eigenvalue weighted by atomic mass is 9.54. The topological polar surface area (TPSA) is 15.5 Å². The van der Waals surface area contributed by atoms with E-state index in [1.54, 1.807) is 0 Å². The minimum absolute atomic E-state index is 0.253. The predicted octanol–water partition coefficient (Wildman–Crippen LogP) is 3.76. The molecule has 2 nitrogen and oxygen atoms in total. The summed E-state index contributed by atoms with van der Waals surface area (Å²) in [5.41, 5.74) is 1.33. The van der Waals surface area contributed by atoms with Crippen LogP contribution in [-0.2, 0) is 4.84 Å². The van der Waals surface area contributed by atoms with E-state index in [2.05, 4.69) is 35.4 Å². The second kappa shape index (κ2) is 3.83. The lowest BCUT2D eigenvalue weighted by molar-refractivity contribution is -0.0694. The van der Waals surface area contributed by atoms with E-state index < -0.39 is 0 Å². The predicted molar refractivity (Wildman–Crippen MR) is 72.9 cm³/mol. The van der Waals surface area contributed by atoms with Crippen molar-refractivity contribution in [2.45, 2.75) is 44.4 Å². The Bertz CT molecular complexity index is 457. The molecule has 2 atom stereocenters. The Balaban J connectivity index is 1.38. The smallest absolute Gasteiger partial charge is 0.180 e. The molecule has 0 radical (unpaired) electrons. The molecule has 6 rings (SSSR count). The summed E-state index contributed by atoms with van der Waals surface area (Å²) in [6.07, 6.45) is 7.67. The molecule has 2 unspecified atom stereocenters. The maximum atomic E-state index is 5.96. The van der Waals surface area contributed by atoms with Gasteiger partial charge in [0, 0.05) is 6.04 Å². The fourth-order valence-electron chi connectivity index (χ4n) is 5.45. The fourth-order valence-corrected chi connectivity index (χ4v) is 5.45. The third-order valence-electron chi connectivity index (χ3n) is 5.96. The van der Waals surface area contributed by atoms with Crippen molar-refractivity contribution in [1.82, 2.24) is 5.06 Å². The van der Waals surface area contributed by atoms with Crippen molar-refractivity contribution in [3.05, 3.63) is 35.9 Å². The van der Waals surface area contributed by atoms with Crippen LogP contribution in [0.25, 0.3) is 0 Å².